The zero-order valence-electron chi connectivity index (χ0n) is 15.3. The van der Waals surface area contributed by atoms with E-state index in [4.69, 9.17) is 4.42 Å². The maximum Gasteiger partial charge on any atom is 0.293 e. The summed E-state index contributed by atoms with van der Waals surface area (Å²) < 4.78 is 7.82. The van der Waals surface area contributed by atoms with Crippen molar-refractivity contribution < 1.29 is 9.21 Å². The normalized spacial score (nSPS) is 12.2. The minimum Gasteiger partial charge on any atom is -0.463 e. The maximum absolute atomic E-state index is 12.6. The molecule has 1 aromatic carbocycles. The third-order valence-corrected chi connectivity index (χ3v) is 4.53. The highest BCUT2D eigenvalue weighted by atomic mass is 16.3. The lowest BCUT2D eigenvalue weighted by atomic mass is 10.0. The first-order chi connectivity index (χ1) is 13.6. The van der Waals surface area contributed by atoms with Crippen LogP contribution in [0.15, 0.2) is 70.3 Å². The van der Waals surface area contributed by atoms with E-state index in [-0.39, 0.29) is 23.9 Å². The summed E-state index contributed by atoms with van der Waals surface area (Å²) in [6.07, 6.45) is 2.94. The van der Waals surface area contributed by atoms with Crippen LogP contribution in [-0.4, -0.2) is 31.8 Å². The smallest absolute Gasteiger partial charge is 0.293 e. The molecule has 0 unspecified atom stereocenters. The molecule has 8 heteroatoms. The zero-order valence-corrected chi connectivity index (χ0v) is 15.3. The standard InChI is InChI=1S/C20H19N5O3/c1-14(15-6-3-2-4-7-15)11-21-19(26)12-24-20(27)17-10-16(18-8-5-9-28-18)23-25(17)13-22-24/h2-10,13-14H,11-12H2,1H3,(H,21,26)/t14-/m1/s1. The fraction of sp³-hybridized carbons (Fsp3) is 0.200. The van der Waals surface area contributed by atoms with E-state index in [1.807, 2.05) is 37.3 Å². The first kappa shape index (κ1) is 17.7. The van der Waals surface area contributed by atoms with Crippen LogP contribution < -0.4 is 10.9 Å². The van der Waals surface area contributed by atoms with Gasteiger partial charge in [-0.2, -0.15) is 10.2 Å². The van der Waals surface area contributed by atoms with Gasteiger partial charge >= 0.3 is 0 Å². The lowest BCUT2D eigenvalue weighted by Crippen LogP contribution is -2.35. The molecule has 0 fully saturated rings. The molecule has 4 rings (SSSR count). The molecule has 0 saturated carbocycles. The Kier molecular flexibility index (Phi) is 4.76. The van der Waals surface area contributed by atoms with E-state index in [0.717, 1.165) is 10.2 Å². The Morgan fingerprint density at radius 2 is 2.04 bits per heavy atom. The Hall–Kier alpha value is -3.68. The van der Waals surface area contributed by atoms with E-state index < -0.39 is 0 Å². The van der Waals surface area contributed by atoms with Crippen LogP contribution in [0.3, 0.4) is 0 Å². The van der Waals surface area contributed by atoms with Crippen LogP contribution in [0.4, 0.5) is 0 Å². The molecule has 1 atom stereocenters. The molecule has 0 spiro atoms. The fourth-order valence-corrected chi connectivity index (χ4v) is 2.95. The number of benzene rings is 1. The molecule has 0 saturated heterocycles. The van der Waals surface area contributed by atoms with Gasteiger partial charge in [-0.25, -0.2) is 9.20 Å². The maximum atomic E-state index is 12.6. The third-order valence-electron chi connectivity index (χ3n) is 4.53. The van der Waals surface area contributed by atoms with Crippen LogP contribution in [0.1, 0.15) is 18.4 Å². The van der Waals surface area contributed by atoms with Gasteiger partial charge in [0.05, 0.1) is 6.26 Å². The highest BCUT2D eigenvalue weighted by molar-refractivity contribution is 5.75. The van der Waals surface area contributed by atoms with E-state index in [0.29, 0.717) is 23.5 Å². The number of nitrogens with one attached hydrogen (secondary N) is 1. The monoisotopic (exact) mass is 377 g/mol. The van der Waals surface area contributed by atoms with E-state index in [2.05, 4.69) is 15.5 Å². The summed E-state index contributed by atoms with van der Waals surface area (Å²) in [5, 5.41) is 11.2. The molecule has 1 N–H and O–H groups in total. The van der Waals surface area contributed by atoms with Gasteiger partial charge in [-0.3, -0.25) is 9.59 Å². The molecule has 0 radical (unpaired) electrons. The topological polar surface area (TPSA) is 94.4 Å². The highest BCUT2D eigenvalue weighted by Gasteiger charge is 2.14. The van der Waals surface area contributed by atoms with Gasteiger partial charge in [0.1, 0.15) is 24.1 Å². The molecule has 1 amide bonds. The number of nitrogens with zero attached hydrogens (tertiary/aromatic N) is 4. The lowest BCUT2D eigenvalue weighted by molar-refractivity contribution is -0.121. The number of rotatable bonds is 6. The molecule has 0 bridgehead atoms. The van der Waals surface area contributed by atoms with Gasteiger partial charge in [0.15, 0.2) is 5.76 Å². The van der Waals surface area contributed by atoms with Gasteiger partial charge < -0.3 is 9.73 Å². The number of amides is 1. The van der Waals surface area contributed by atoms with Gasteiger partial charge in [0.25, 0.3) is 5.56 Å². The minimum absolute atomic E-state index is 0.155. The number of furan rings is 1. The van der Waals surface area contributed by atoms with E-state index in [1.165, 1.54) is 17.1 Å². The predicted molar refractivity (Wildman–Crippen MR) is 103 cm³/mol. The second-order valence-corrected chi connectivity index (χ2v) is 6.55. The molecule has 142 valence electrons. The summed E-state index contributed by atoms with van der Waals surface area (Å²) in [7, 11) is 0. The molecular formula is C20H19N5O3. The number of carbonyl (C=O) groups is 1. The summed E-state index contributed by atoms with van der Waals surface area (Å²) in [5.41, 5.74) is 1.61. The molecular weight excluding hydrogens is 358 g/mol. The van der Waals surface area contributed by atoms with E-state index in [9.17, 15) is 9.59 Å². The van der Waals surface area contributed by atoms with Gasteiger partial charge in [-0.15, -0.1) is 0 Å². The van der Waals surface area contributed by atoms with Crippen molar-refractivity contribution >= 4 is 11.4 Å². The largest absolute Gasteiger partial charge is 0.463 e. The van der Waals surface area contributed by atoms with Crippen molar-refractivity contribution in [1.82, 2.24) is 24.7 Å². The van der Waals surface area contributed by atoms with Gasteiger partial charge in [0, 0.05) is 12.6 Å². The predicted octanol–water partition coefficient (Wildman–Crippen LogP) is 2.07. The Labute approximate surface area is 160 Å². The molecule has 4 aromatic rings. The van der Waals surface area contributed by atoms with Crippen LogP contribution in [0.2, 0.25) is 0 Å². The number of hydrogen-bond acceptors (Lipinski definition) is 5. The van der Waals surface area contributed by atoms with E-state index in [1.54, 1.807) is 18.2 Å². The number of hydrogen-bond donors (Lipinski definition) is 1. The molecule has 3 heterocycles. The van der Waals surface area contributed by atoms with Crippen molar-refractivity contribution in [3.63, 3.8) is 0 Å². The number of aromatic nitrogens is 4. The van der Waals surface area contributed by atoms with Crippen molar-refractivity contribution in [1.29, 1.82) is 0 Å². The van der Waals surface area contributed by atoms with Crippen LogP contribution in [-0.2, 0) is 11.3 Å². The second kappa shape index (κ2) is 7.51. The first-order valence-electron chi connectivity index (χ1n) is 8.93. The quantitative estimate of drug-likeness (QED) is 0.555. The van der Waals surface area contributed by atoms with Crippen LogP contribution in [0.5, 0.6) is 0 Å². The summed E-state index contributed by atoms with van der Waals surface area (Å²) in [6.45, 7) is 2.36. The molecule has 0 aliphatic carbocycles. The van der Waals surface area contributed by atoms with Gasteiger partial charge in [-0.1, -0.05) is 37.3 Å². The van der Waals surface area contributed by atoms with Crippen LogP contribution in [0.25, 0.3) is 17.0 Å². The van der Waals surface area contributed by atoms with E-state index >= 15 is 0 Å². The highest BCUT2D eigenvalue weighted by Crippen LogP contribution is 2.18. The Morgan fingerprint density at radius 1 is 1.21 bits per heavy atom. The van der Waals surface area contributed by atoms with Crippen molar-refractivity contribution in [2.45, 2.75) is 19.4 Å². The molecule has 28 heavy (non-hydrogen) atoms. The fourth-order valence-electron chi connectivity index (χ4n) is 2.95. The first-order valence-corrected chi connectivity index (χ1v) is 8.93. The summed E-state index contributed by atoms with van der Waals surface area (Å²) in [6, 6.07) is 15.1. The van der Waals surface area contributed by atoms with Crippen LogP contribution >= 0.6 is 0 Å². The molecule has 3 aromatic heterocycles. The third kappa shape index (κ3) is 3.57. The van der Waals surface area contributed by atoms with Crippen molar-refractivity contribution in [2.24, 2.45) is 0 Å². The summed E-state index contributed by atoms with van der Waals surface area (Å²) >= 11 is 0. The van der Waals surface area contributed by atoms with Crippen molar-refractivity contribution in [3.05, 3.63) is 77.0 Å². The lowest BCUT2D eigenvalue weighted by Gasteiger charge is -2.13. The SMILES string of the molecule is C[C@H](CNC(=O)Cn1ncn2nc(-c3ccco3)cc2c1=O)c1ccccc1. The zero-order chi connectivity index (χ0) is 19.5. The number of fused-ring (bicyclic) bond motifs is 1. The van der Waals surface area contributed by atoms with Crippen LogP contribution in [0, 0.1) is 0 Å². The van der Waals surface area contributed by atoms with Crippen molar-refractivity contribution in [2.75, 3.05) is 6.54 Å². The molecule has 0 aliphatic heterocycles. The van der Waals surface area contributed by atoms with Crippen molar-refractivity contribution in [3.8, 4) is 11.5 Å². The summed E-state index contributed by atoms with van der Waals surface area (Å²) in [4.78, 5) is 24.9. The Bertz CT molecular complexity index is 1150. The Balaban J connectivity index is 1.46. The Morgan fingerprint density at radius 3 is 2.79 bits per heavy atom. The number of carbonyl (C=O) groups excluding carboxylic acids is 1. The summed E-state index contributed by atoms with van der Waals surface area (Å²) in [5.74, 6) is 0.456. The van der Waals surface area contributed by atoms with Gasteiger partial charge in [-0.05, 0) is 23.6 Å². The molecule has 8 nitrogen and oxygen atoms in total. The average Bonchev–Trinajstić information content (AvgIpc) is 3.39. The molecule has 0 aliphatic rings. The second-order valence-electron chi connectivity index (χ2n) is 6.55. The average molecular weight is 377 g/mol. The minimum atomic E-state index is -0.390. The van der Waals surface area contributed by atoms with Gasteiger partial charge in [0.2, 0.25) is 5.91 Å².